The van der Waals surface area contributed by atoms with E-state index in [0.29, 0.717) is 31.1 Å². The topological polar surface area (TPSA) is 93.1 Å². The van der Waals surface area contributed by atoms with E-state index in [1.807, 2.05) is 0 Å². The van der Waals surface area contributed by atoms with Gasteiger partial charge in [-0.15, -0.1) is 0 Å². The molecule has 1 aliphatic heterocycles. The number of aromatic amines is 1. The third kappa shape index (κ3) is 2.41. The maximum Gasteiger partial charge on any atom is 0.260 e. The second-order valence-corrected chi connectivity index (χ2v) is 5.21. The Balaban J connectivity index is 1.97. The zero-order chi connectivity index (χ0) is 15.7. The predicted octanol–water partition coefficient (Wildman–Crippen LogP) is 0.0255. The van der Waals surface area contributed by atoms with E-state index in [0.717, 1.165) is 0 Å². The van der Waals surface area contributed by atoms with Crippen molar-refractivity contribution in [1.82, 2.24) is 24.6 Å². The molecular formula is C14H17N5O3. The monoisotopic (exact) mass is 303 g/mol. The van der Waals surface area contributed by atoms with Gasteiger partial charge in [-0.3, -0.25) is 14.3 Å². The van der Waals surface area contributed by atoms with E-state index in [2.05, 4.69) is 15.1 Å². The van der Waals surface area contributed by atoms with Crippen LogP contribution in [-0.2, 0) is 11.8 Å². The van der Waals surface area contributed by atoms with E-state index in [1.54, 1.807) is 29.7 Å². The quantitative estimate of drug-likeness (QED) is 0.844. The Hall–Kier alpha value is -2.48. The van der Waals surface area contributed by atoms with Gasteiger partial charge in [0, 0.05) is 31.5 Å². The van der Waals surface area contributed by atoms with Crippen molar-refractivity contribution in [2.45, 2.75) is 13.0 Å². The van der Waals surface area contributed by atoms with E-state index in [4.69, 9.17) is 4.74 Å². The lowest BCUT2D eigenvalue weighted by Gasteiger charge is -2.34. The van der Waals surface area contributed by atoms with Crippen LogP contribution >= 0.6 is 0 Å². The molecule has 2 aromatic heterocycles. The molecule has 3 rings (SSSR count). The van der Waals surface area contributed by atoms with Gasteiger partial charge in [-0.1, -0.05) is 0 Å². The maximum absolute atomic E-state index is 12.8. The van der Waals surface area contributed by atoms with Crippen LogP contribution in [0, 0.1) is 6.92 Å². The molecule has 116 valence electrons. The van der Waals surface area contributed by atoms with Crippen LogP contribution in [0.4, 0.5) is 0 Å². The highest BCUT2D eigenvalue weighted by molar-refractivity contribution is 5.94. The molecule has 1 fully saturated rings. The van der Waals surface area contributed by atoms with E-state index >= 15 is 0 Å². The highest BCUT2D eigenvalue weighted by Crippen LogP contribution is 2.23. The fourth-order valence-electron chi connectivity index (χ4n) is 2.57. The number of carbonyl (C=O) groups is 1. The number of morpholine rings is 1. The number of hydrogen-bond donors (Lipinski definition) is 1. The normalized spacial score (nSPS) is 18.5. The van der Waals surface area contributed by atoms with Crippen LogP contribution in [0.25, 0.3) is 0 Å². The van der Waals surface area contributed by atoms with E-state index in [1.165, 1.54) is 12.5 Å². The van der Waals surface area contributed by atoms with Crippen LogP contribution in [0.1, 0.15) is 27.8 Å². The van der Waals surface area contributed by atoms with E-state index in [9.17, 15) is 9.59 Å². The molecule has 1 saturated heterocycles. The molecule has 2 aromatic rings. The highest BCUT2D eigenvalue weighted by Gasteiger charge is 2.33. The molecule has 0 spiro atoms. The number of aryl methyl sites for hydroxylation is 2. The Bertz CT molecular complexity index is 751. The highest BCUT2D eigenvalue weighted by atomic mass is 16.5. The second kappa shape index (κ2) is 5.72. The average Bonchev–Trinajstić information content (AvgIpc) is 2.95. The zero-order valence-corrected chi connectivity index (χ0v) is 12.4. The summed E-state index contributed by atoms with van der Waals surface area (Å²) in [5.74, 6) is 0.318. The standard InChI is InChI=1S/C14H17N5O3/c1-9-5-15-6-10(12(9)20)14(21)19-3-4-22-7-11(19)13-16-8-17-18(13)2/h5-6,8,11H,3-4,7H2,1-2H3,(H,15,20). The largest absolute Gasteiger partial charge is 0.377 e. The molecule has 1 atom stereocenters. The molecule has 1 N–H and O–H groups in total. The maximum atomic E-state index is 12.8. The van der Waals surface area contributed by atoms with Crippen LogP contribution in [0.15, 0.2) is 23.5 Å². The molecular weight excluding hydrogens is 286 g/mol. The van der Waals surface area contributed by atoms with Crippen molar-refractivity contribution in [3.63, 3.8) is 0 Å². The lowest BCUT2D eigenvalue weighted by Crippen LogP contribution is -2.45. The Kier molecular flexibility index (Phi) is 3.76. The third-order valence-corrected chi connectivity index (χ3v) is 3.79. The minimum Gasteiger partial charge on any atom is -0.377 e. The van der Waals surface area contributed by atoms with Crippen LogP contribution < -0.4 is 5.43 Å². The van der Waals surface area contributed by atoms with Crippen molar-refractivity contribution in [2.24, 2.45) is 7.05 Å². The summed E-state index contributed by atoms with van der Waals surface area (Å²) in [6.07, 6.45) is 4.46. The number of rotatable bonds is 2. The molecule has 0 radical (unpaired) electrons. The van der Waals surface area contributed by atoms with Crippen LogP contribution in [0.3, 0.4) is 0 Å². The number of aromatic nitrogens is 4. The zero-order valence-electron chi connectivity index (χ0n) is 12.4. The third-order valence-electron chi connectivity index (χ3n) is 3.79. The molecule has 3 heterocycles. The second-order valence-electron chi connectivity index (χ2n) is 5.21. The summed E-state index contributed by atoms with van der Waals surface area (Å²) in [7, 11) is 1.76. The number of nitrogens with zero attached hydrogens (tertiary/aromatic N) is 4. The Morgan fingerprint density at radius 3 is 3.00 bits per heavy atom. The van der Waals surface area contributed by atoms with Crippen LogP contribution in [0.5, 0.6) is 0 Å². The number of carbonyl (C=O) groups excluding carboxylic acids is 1. The van der Waals surface area contributed by atoms with Crippen molar-refractivity contribution in [2.75, 3.05) is 19.8 Å². The fourth-order valence-corrected chi connectivity index (χ4v) is 2.57. The Labute approximate surface area is 126 Å². The number of nitrogens with one attached hydrogen (secondary N) is 1. The van der Waals surface area contributed by atoms with Crippen molar-refractivity contribution < 1.29 is 9.53 Å². The number of pyridine rings is 1. The molecule has 8 heteroatoms. The van der Waals surface area contributed by atoms with Crippen molar-refractivity contribution in [3.8, 4) is 0 Å². The number of ether oxygens (including phenoxy) is 1. The van der Waals surface area contributed by atoms with Crippen LogP contribution in [-0.4, -0.2) is 50.3 Å². The first kappa shape index (κ1) is 14.5. The smallest absolute Gasteiger partial charge is 0.260 e. The molecule has 8 nitrogen and oxygen atoms in total. The fraction of sp³-hybridized carbons (Fsp3) is 0.429. The SMILES string of the molecule is Cc1c[nH]cc(C(=O)N2CCOCC2c2ncnn2C)c1=O. The molecule has 1 amide bonds. The number of hydrogen-bond acceptors (Lipinski definition) is 5. The minimum absolute atomic E-state index is 0.133. The predicted molar refractivity (Wildman–Crippen MR) is 77.4 cm³/mol. The summed E-state index contributed by atoms with van der Waals surface area (Å²) < 4.78 is 7.08. The molecule has 0 saturated carbocycles. The first-order valence-corrected chi connectivity index (χ1v) is 7.00. The van der Waals surface area contributed by atoms with E-state index < -0.39 is 0 Å². The van der Waals surface area contributed by atoms with Crippen molar-refractivity contribution in [3.05, 3.63) is 45.9 Å². The molecule has 22 heavy (non-hydrogen) atoms. The molecule has 1 unspecified atom stereocenters. The average molecular weight is 303 g/mol. The number of amides is 1. The van der Waals surface area contributed by atoms with Gasteiger partial charge in [0.25, 0.3) is 5.91 Å². The molecule has 0 aromatic carbocycles. The van der Waals surface area contributed by atoms with Crippen molar-refractivity contribution in [1.29, 1.82) is 0 Å². The van der Waals surface area contributed by atoms with Gasteiger partial charge in [0.2, 0.25) is 0 Å². The lowest BCUT2D eigenvalue weighted by molar-refractivity contribution is -0.00628. The molecule has 1 aliphatic rings. The van der Waals surface area contributed by atoms with E-state index in [-0.39, 0.29) is 22.9 Å². The van der Waals surface area contributed by atoms with Gasteiger partial charge in [0.15, 0.2) is 11.3 Å². The first-order valence-electron chi connectivity index (χ1n) is 7.00. The summed E-state index contributed by atoms with van der Waals surface area (Å²) in [6, 6.07) is -0.353. The number of H-pyrrole nitrogens is 1. The molecule has 0 aliphatic carbocycles. The van der Waals surface area contributed by atoms with Gasteiger partial charge in [0.05, 0.1) is 13.2 Å². The minimum atomic E-state index is -0.353. The summed E-state index contributed by atoms with van der Waals surface area (Å²) in [6.45, 7) is 2.85. The van der Waals surface area contributed by atoms with Crippen molar-refractivity contribution >= 4 is 5.91 Å². The summed E-state index contributed by atoms with van der Waals surface area (Å²) in [4.78, 5) is 33.6. The molecule has 0 bridgehead atoms. The van der Waals surface area contributed by atoms with Crippen LogP contribution in [0.2, 0.25) is 0 Å². The van der Waals surface area contributed by atoms with Gasteiger partial charge >= 0.3 is 0 Å². The van der Waals surface area contributed by atoms with Gasteiger partial charge < -0.3 is 14.6 Å². The van der Waals surface area contributed by atoms with Gasteiger partial charge in [0.1, 0.15) is 17.9 Å². The van der Waals surface area contributed by atoms with Gasteiger partial charge in [-0.2, -0.15) is 5.10 Å². The Morgan fingerprint density at radius 2 is 2.27 bits per heavy atom. The first-order chi connectivity index (χ1) is 10.6. The van der Waals surface area contributed by atoms with Gasteiger partial charge in [-0.25, -0.2) is 4.98 Å². The summed E-state index contributed by atoms with van der Waals surface area (Å²) in [5, 5.41) is 4.03. The Morgan fingerprint density at radius 1 is 1.45 bits per heavy atom. The summed E-state index contributed by atoms with van der Waals surface area (Å²) in [5.41, 5.74) is 0.385. The van der Waals surface area contributed by atoms with Gasteiger partial charge in [-0.05, 0) is 6.92 Å². The summed E-state index contributed by atoms with van der Waals surface area (Å²) >= 11 is 0. The lowest BCUT2D eigenvalue weighted by atomic mass is 10.1.